The maximum atomic E-state index is 14.8. The second kappa shape index (κ2) is 10.7. The van der Waals surface area contributed by atoms with Gasteiger partial charge in [-0.2, -0.15) is 13.2 Å². The highest BCUT2D eigenvalue weighted by atomic mass is 35.5. The number of urea groups is 1. The normalized spacial score (nSPS) is 13.0. The predicted octanol–water partition coefficient (Wildman–Crippen LogP) is 7.48. The van der Waals surface area contributed by atoms with Crippen LogP contribution in [0.3, 0.4) is 0 Å². The van der Waals surface area contributed by atoms with Crippen molar-refractivity contribution in [3.63, 3.8) is 0 Å². The van der Waals surface area contributed by atoms with Crippen LogP contribution in [0.25, 0.3) is 0 Å². The molecule has 2 amide bonds. The first-order valence-corrected chi connectivity index (χ1v) is 11.4. The van der Waals surface area contributed by atoms with E-state index in [0.29, 0.717) is 12.1 Å². The second-order valence-electron chi connectivity index (χ2n) is 8.35. The predicted molar refractivity (Wildman–Crippen MR) is 130 cm³/mol. The van der Waals surface area contributed by atoms with Gasteiger partial charge in [0.1, 0.15) is 23.0 Å². The maximum Gasteiger partial charge on any atom is 0.416 e. The summed E-state index contributed by atoms with van der Waals surface area (Å²) < 4.78 is 84.2. The summed E-state index contributed by atoms with van der Waals surface area (Å²) in [5.41, 5.74) is -3.76. The van der Waals surface area contributed by atoms with Gasteiger partial charge < -0.3 is 10.6 Å². The van der Waals surface area contributed by atoms with Gasteiger partial charge in [0.15, 0.2) is 0 Å². The molecular formula is C27H18ClF6N3O. The number of alkyl halides is 3. The van der Waals surface area contributed by atoms with Crippen LogP contribution in [0.1, 0.15) is 22.4 Å². The number of anilines is 1. The number of benzene rings is 3. The molecule has 0 aliphatic rings. The number of pyridine rings is 1. The Morgan fingerprint density at radius 1 is 0.842 bits per heavy atom. The molecule has 0 fully saturated rings. The van der Waals surface area contributed by atoms with Gasteiger partial charge >= 0.3 is 12.2 Å². The monoisotopic (exact) mass is 549 g/mol. The molecule has 0 saturated heterocycles. The molecular weight excluding hydrogens is 532 g/mol. The minimum absolute atomic E-state index is 0.00637. The SMILES string of the molecule is O=C(Nc1cccc(F)c1)N[C@@](Cc1ccccc1F)(c1cc(F)cc(C(F)(F)F)c1)c1ccc(Cl)cn1. The largest absolute Gasteiger partial charge is 0.416 e. The lowest BCUT2D eigenvalue weighted by atomic mass is 9.79. The lowest BCUT2D eigenvalue weighted by molar-refractivity contribution is -0.137. The van der Waals surface area contributed by atoms with Crippen LogP contribution in [0.4, 0.5) is 36.8 Å². The molecule has 4 nitrogen and oxygen atoms in total. The van der Waals surface area contributed by atoms with Crippen molar-refractivity contribution in [3.8, 4) is 0 Å². The zero-order valence-electron chi connectivity index (χ0n) is 19.3. The Labute approximate surface area is 218 Å². The third-order valence-electron chi connectivity index (χ3n) is 5.71. The Kier molecular flexibility index (Phi) is 7.63. The standard InChI is InChI=1S/C27H18ClF6N3O/c28-19-8-9-24(35-15-19)26(14-16-4-1-2-7-23(16)31,17-10-18(27(32,33)34)12-21(30)11-17)37-25(38)36-22-6-3-5-20(29)13-22/h1-13,15H,14H2,(H2,36,37,38)/t26-/m0/s1. The summed E-state index contributed by atoms with van der Waals surface area (Å²) in [7, 11) is 0. The molecule has 4 rings (SSSR count). The smallest absolute Gasteiger partial charge is 0.322 e. The number of nitrogens with one attached hydrogen (secondary N) is 2. The van der Waals surface area contributed by atoms with Gasteiger partial charge in [-0.1, -0.05) is 35.9 Å². The van der Waals surface area contributed by atoms with Gasteiger partial charge in [0.25, 0.3) is 0 Å². The number of nitrogens with zero attached hydrogens (tertiary/aromatic N) is 1. The maximum absolute atomic E-state index is 14.8. The highest BCUT2D eigenvalue weighted by Gasteiger charge is 2.41. The highest BCUT2D eigenvalue weighted by molar-refractivity contribution is 6.30. The van der Waals surface area contributed by atoms with E-state index in [1.807, 2.05) is 0 Å². The van der Waals surface area contributed by atoms with E-state index in [2.05, 4.69) is 15.6 Å². The quantitative estimate of drug-likeness (QED) is 0.245. The summed E-state index contributed by atoms with van der Waals surface area (Å²) in [6.45, 7) is 0. The van der Waals surface area contributed by atoms with Crippen LogP contribution in [0, 0.1) is 17.5 Å². The van der Waals surface area contributed by atoms with Gasteiger partial charge in [-0.25, -0.2) is 18.0 Å². The lowest BCUT2D eigenvalue weighted by Crippen LogP contribution is -2.51. The summed E-state index contributed by atoms with van der Waals surface area (Å²) in [5, 5.41) is 5.12. The minimum Gasteiger partial charge on any atom is -0.322 e. The number of halogens is 7. The molecule has 0 aliphatic carbocycles. The molecule has 0 aliphatic heterocycles. The fraction of sp³-hybridized carbons (Fsp3) is 0.111. The van der Waals surface area contributed by atoms with Gasteiger partial charge in [0.05, 0.1) is 16.3 Å². The molecule has 1 heterocycles. The van der Waals surface area contributed by atoms with E-state index < -0.39 is 47.2 Å². The Hall–Kier alpha value is -4.05. The van der Waals surface area contributed by atoms with Gasteiger partial charge in [-0.3, -0.25) is 4.98 Å². The van der Waals surface area contributed by atoms with Crippen molar-refractivity contribution in [3.05, 3.63) is 130 Å². The number of hydrogen-bond acceptors (Lipinski definition) is 2. The number of amides is 2. The van der Waals surface area contributed by atoms with Crippen molar-refractivity contribution in [2.45, 2.75) is 18.1 Å². The Balaban J connectivity index is 1.93. The molecule has 2 N–H and O–H groups in total. The van der Waals surface area contributed by atoms with Crippen molar-refractivity contribution < 1.29 is 31.1 Å². The molecule has 0 unspecified atom stereocenters. The molecule has 11 heteroatoms. The Morgan fingerprint density at radius 3 is 2.24 bits per heavy atom. The Morgan fingerprint density at radius 2 is 1.58 bits per heavy atom. The van der Waals surface area contributed by atoms with Crippen molar-refractivity contribution in [2.24, 2.45) is 0 Å². The van der Waals surface area contributed by atoms with Gasteiger partial charge in [-0.05, 0) is 65.7 Å². The first-order chi connectivity index (χ1) is 18.0. The molecule has 0 saturated carbocycles. The summed E-state index contributed by atoms with van der Waals surface area (Å²) in [6, 6.07) is 13.7. The van der Waals surface area contributed by atoms with Crippen LogP contribution < -0.4 is 10.6 Å². The molecule has 0 bridgehead atoms. The van der Waals surface area contributed by atoms with Crippen molar-refractivity contribution in [1.29, 1.82) is 0 Å². The summed E-state index contributed by atoms with van der Waals surface area (Å²) in [4.78, 5) is 17.4. The van der Waals surface area contributed by atoms with Crippen LogP contribution in [0.5, 0.6) is 0 Å². The van der Waals surface area contributed by atoms with E-state index in [1.54, 1.807) is 0 Å². The van der Waals surface area contributed by atoms with Gasteiger partial charge in [0.2, 0.25) is 0 Å². The van der Waals surface area contributed by atoms with E-state index in [-0.39, 0.29) is 27.5 Å². The third-order valence-corrected chi connectivity index (χ3v) is 5.93. The first-order valence-electron chi connectivity index (χ1n) is 11.0. The summed E-state index contributed by atoms with van der Waals surface area (Å²) >= 11 is 5.96. The number of aromatic nitrogens is 1. The fourth-order valence-corrected chi connectivity index (χ4v) is 4.11. The van der Waals surface area contributed by atoms with E-state index >= 15 is 0 Å². The molecule has 0 radical (unpaired) electrons. The van der Waals surface area contributed by atoms with Gasteiger partial charge in [0, 0.05) is 18.3 Å². The van der Waals surface area contributed by atoms with E-state index in [4.69, 9.17) is 11.6 Å². The van der Waals surface area contributed by atoms with Crippen molar-refractivity contribution in [2.75, 3.05) is 5.32 Å². The summed E-state index contributed by atoms with van der Waals surface area (Å²) in [6.07, 6.45) is -4.22. The summed E-state index contributed by atoms with van der Waals surface area (Å²) in [5.74, 6) is -2.61. The number of carbonyl (C=O) groups excluding carboxylic acids is 1. The number of carbonyl (C=O) groups is 1. The third kappa shape index (κ3) is 6.08. The van der Waals surface area contributed by atoms with Crippen LogP contribution in [-0.4, -0.2) is 11.0 Å². The molecule has 0 spiro atoms. The Bertz CT molecular complexity index is 1460. The molecule has 1 aromatic heterocycles. The second-order valence-corrected chi connectivity index (χ2v) is 8.79. The molecule has 1 atom stereocenters. The number of rotatable bonds is 6. The van der Waals surface area contributed by atoms with Crippen molar-refractivity contribution >= 4 is 23.3 Å². The van der Waals surface area contributed by atoms with E-state index in [1.165, 1.54) is 48.7 Å². The van der Waals surface area contributed by atoms with Crippen LogP contribution >= 0.6 is 11.6 Å². The first kappa shape index (κ1) is 27.0. The van der Waals surface area contributed by atoms with Crippen molar-refractivity contribution in [1.82, 2.24) is 10.3 Å². The minimum atomic E-state index is -4.93. The number of hydrogen-bond donors (Lipinski definition) is 2. The van der Waals surface area contributed by atoms with E-state index in [0.717, 1.165) is 24.3 Å². The molecule has 38 heavy (non-hydrogen) atoms. The zero-order valence-corrected chi connectivity index (χ0v) is 20.0. The van der Waals surface area contributed by atoms with Crippen LogP contribution in [-0.2, 0) is 18.1 Å². The van der Waals surface area contributed by atoms with Crippen LogP contribution in [0.2, 0.25) is 5.02 Å². The lowest BCUT2D eigenvalue weighted by Gasteiger charge is -2.36. The molecule has 4 aromatic rings. The highest BCUT2D eigenvalue weighted by Crippen LogP contribution is 2.38. The van der Waals surface area contributed by atoms with E-state index in [9.17, 15) is 31.1 Å². The fourth-order valence-electron chi connectivity index (χ4n) is 4.00. The zero-order chi connectivity index (χ0) is 27.5. The average Bonchev–Trinajstić information content (AvgIpc) is 2.84. The molecule has 3 aromatic carbocycles. The average molecular weight is 550 g/mol. The topological polar surface area (TPSA) is 54.0 Å². The van der Waals surface area contributed by atoms with Gasteiger partial charge in [-0.15, -0.1) is 0 Å². The van der Waals surface area contributed by atoms with Crippen LogP contribution in [0.15, 0.2) is 85.1 Å². The molecule has 196 valence electrons.